The van der Waals surface area contributed by atoms with Gasteiger partial charge in [0.1, 0.15) is 12.1 Å². The van der Waals surface area contributed by atoms with Gasteiger partial charge in [0, 0.05) is 18.0 Å². The highest BCUT2D eigenvalue weighted by Gasteiger charge is 1.97. The monoisotopic (exact) mass is 200 g/mol. The molecule has 0 saturated carbocycles. The molecule has 0 spiro atoms. The smallest absolute Gasteiger partial charge is 0.119 e. The normalized spacial score (nSPS) is 9.93. The predicted octanol–water partition coefficient (Wildman–Crippen LogP) is 2.54. The zero-order valence-electron chi connectivity index (χ0n) is 8.55. The van der Waals surface area contributed by atoms with E-state index in [0.29, 0.717) is 6.61 Å². The molecule has 15 heavy (non-hydrogen) atoms. The molecule has 0 unspecified atom stereocenters. The van der Waals surface area contributed by atoms with Crippen LogP contribution in [0.4, 0.5) is 0 Å². The molecule has 0 saturated heterocycles. The molecule has 0 aliphatic heterocycles. The molecule has 2 aromatic rings. The molecule has 0 aliphatic rings. The fraction of sp³-hybridized carbons (Fsp3) is 0.167. The Kier molecular flexibility index (Phi) is 2.93. The molecule has 0 aliphatic carbocycles. The minimum absolute atomic E-state index is 0.688. The van der Waals surface area contributed by atoms with Crippen molar-refractivity contribution >= 4 is 0 Å². The Morgan fingerprint density at radius 3 is 2.27 bits per heavy atom. The molecule has 1 aromatic carbocycles. The van der Waals surface area contributed by atoms with E-state index in [0.717, 1.165) is 16.9 Å². The van der Waals surface area contributed by atoms with Crippen LogP contribution in [0.2, 0.25) is 0 Å². The largest absolute Gasteiger partial charge is 0.494 e. The van der Waals surface area contributed by atoms with Crippen molar-refractivity contribution in [2.24, 2.45) is 0 Å². The summed E-state index contributed by atoms with van der Waals surface area (Å²) in [5.74, 6) is 0.887. The maximum Gasteiger partial charge on any atom is 0.119 e. The van der Waals surface area contributed by atoms with Gasteiger partial charge in [-0.15, -0.1) is 0 Å². The lowest BCUT2D eigenvalue weighted by atomic mass is 10.1. The Labute approximate surface area is 88.8 Å². The van der Waals surface area contributed by atoms with Crippen LogP contribution >= 0.6 is 0 Å². The highest BCUT2D eigenvalue weighted by molar-refractivity contribution is 5.62. The lowest BCUT2D eigenvalue weighted by Gasteiger charge is -2.04. The van der Waals surface area contributed by atoms with Gasteiger partial charge in [-0.2, -0.15) is 0 Å². The number of ether oxygens (including phenoxy) is 1. The lowest BCUT2D eigenvalue weighted by Crippen LogP contribution is -1.90. The van der Waals surface area contributed by atoms with Crippen LogP contribution in [0.5, 0.6) is 5.75 Å². The van der Waals surface area contributed by atoms with Crippen LogP contribution in [-0.2, 0) is 0 Å². The molecule has 0 atom stereocenters. The third kappa shape index (κ3) is 2.31. The number of rotatable bonds is 3. The predicted molar refractivity (Wildman–Crippen MR) is 58.6 cm³/mol. The molecule has 1 aromatic heterocycles. The van der Waals surface area contributed by atoms with Gasteiger partial charge in [-0.1, -0.05) is 12.1 Å². The average Bonchev–Trinajstić information content (AvgIpc) is 2.32. The van der Waals surface area contributed by atoms with Crippen LogP contribution < -0.4 is 4.74 Å². The van der Waals surface area contributed by atoms with Crippen molar-refractivity contribution in [1.82, 2.24) is 9.97 Å². The molecule has 0 N–H and O–H groups in total. The highest BCUT2D eigenvalue weighted by Crippen LogP contribution is 2.20. The first kappa shape index (κ1) is 9.65. The van der Waals surface area contributed by atoms with Gasteiger partial charge in [-0.25, -0.2) is 9.97 Å². The SMILES string of the molecule is CCOc1ccc(-c2cncnc2)cc1. The lowest BCUT2D eigenvalue weighted by molar-refractivity contribution is 0.340. The molecule has 2 rings (SSSR count). The van der Waals surface area contributed by atoms with Gasteiger partial charge in [0.05, 0.1) is 6.61 Å². The van der Waals surface area contributed by atoms with Crippen LogP contribution in [0.15, 0.2) is 43.0 Å². The maximum absolute atomic E-state index is 5.37. The van der Waals surface area contributed by atoms with E-state index >= 15 is 0 Å². The first-order valence-electron chi connectivity index (χ1n) is 4.88. The van der Waals surface area contributed by atoms with Crippen LogP contribution in [0.3, 0.4) is 0 Å². The van der Waals surface area contributed by atoms with Crippen LogP contribution in [-0.4, -0.2) is 16.6 Å². The van der Waals surface area contributed by atoms with E-state index in [1.807, 2.05) is 31.2 Å². The molecule has 0 bridgehead atoms. The Morgan fingerprint density at radius 2 is 1.67 bits per heavy atom. The summed E-state index contributed by atoms with van der Waals surface area (Å²) in [5.41, 5.74) is 2.11. The number of benzene rings is 1. The van der Waals surface area contributed by atoms with E-state index in [2.05, 4.69) is 9.97 Å². The third-order valence-corrected chi connectivity index (χ3v) is 2.06. The molecular weight excluding hydrogens is 188 g/mol. The molecule has 0 fully saturated rings. The van der Waals surface area contributed by atoms with Crippen molar-refractivity contribution in [1.29, 1.82) is 0 Å². The molecule has 1 heterocycles. The molecule has 3 heteroatoms. The first-order valence-corrected chi connectivity index (χ1v) is 4.88. The van der Waals surface area contributed by atoms with E-state index in [1.165, 1.54) is 6.33 Å². The molecule has 0 amide bonds. The Bertz CT molecular complexity index is 411. The Hall–Kier alpha value is -1.90. The van der Waals surface area contributed by atoms with Gasteiger partial charge in [-0.05, 0) is 24.6 Å². The van der Waals surface area contributed by atoms with Crippen molar-refractivity contribution in [3.05, 3.63) is 43.0 Å². The topological polar surface area (TPSA) is 35.0 Å². The summed E-state index contributed by atoms with van der Waals surface area (Å²) in [6.45, 7) is 2.66. The summed E-state index contributed by atoms with van der Waals surface area (Å²) in [6, 6.07) is 7.91. The second kappa shape index (κ2) is 4.55. The van der Waals surface area contributed by atoms with E-state index in [1.54, 1.807) is 12.4 Å². The highest BCUT2D eigenvalue weighted by atomic mass is 16.5. The van der Waals surface area contributed by atoms with Crippen LogP contribution in [0.1, 0.15) is 6.92 Å². The summed E-state index contributed by atoms with van der Waals surface area (Å²) < 4.78 is 5.37. The fourth-order valence-electron chi connectivity index (χ4n) is 1.36. The van der Waals surface area contributed by atoms with Gasteiger partial charge in [-0.3, -0.25) is 0 Å². The van der Waals surface area contributed by atoms with E-state index in [9.17, 15) is 0 Å². The Morgan fingerprint density at radius 1 is 1.00 bits per heavy atom. The minimum Gasteiger partial charge on any atom is -0.494 e. The van der Waals surface area contributed by atoms with Crippen molar-refractivity contribution < 1.29 is 4.74 Å². The third-order valence-electron chi connectivity index (χ3n) is 2.06. The second-order valence-corrected chi connectivity index (χ2v) is 3.08. The molecular formula is C12H12N2O. The van der Waals surface area contributed by atoms with Gasteiger partial charge < -0.3 is 4.74 Å². The van der Waals surface area contributed by atoms with Crippen LogP contribution in [0.25, 0.3) is 11.1 Å². The average molecular weight is 200 g/mol. The number of hydrogen-bond donors (Lipinski definition) is 0. The van der Waals surface area contributed by atoms with Gasteiger partial charge >= 0.3 is 0 Å². The first-order chi connectivity index (χ1) is 7.40. The van der Waals surface area contributed by atoms with Crippen molar-refractivity contribution in [3.63, 3.8) is 0 Å². The van der Waals surface area contributed by atoms with Crippen molar-refractivity contribution in [2.75, 3.05) is 6.61 Å². The standard InChI is InChI=1S/C12H12N2O/c1-2-15-12-5-3-10(4-6-12)11-7-13-9-14-8-11/h3-9H,2H2,1H3. The zero-order valence-corrected chi connectivity index (χ0v) is 8.55. The number of nitrogens with zero attached hydrogens (tertiary/aromatic N) is 2. The summed E-state index contributed by atoms with van der Waals surface area (Å²) in [4.78, 5) is 7.95. The second-order valence-electron chi connectivity index (χ2n) is 3.08. The summed E-state index contributed by atoms with van der Waals surface area (Å²) in [7, 11) is 0. The maximum atomic E-state index is 5.37. The summed E-state index contributed by atoms with van der Waals surface area (Å²) in [6.07, 6.45) is 5.11. The molecule has 0 radical (unpaired) electrons. The van der Waals surface area contributed by atoms with Crippen molar-refractivity contribution in [2.45, 2.75) is 6.92 Å². The van der Waals surface area contributed by atoms with E-state index in [-0.39, 0.29) is 0 Å². The quantitative estimate of drug-likeness (QED) is 0.763. The van der Waals surface area contributed by atoms with E-state index < -0.39 is 0 Å². The van der Waals surface area contributed by atoms with E-state index in [4.69, 9.17) is 4.74 Å². The molecule has 76 valence electrons. The number of aromatic nitrogens is 2. The van der Waals surface area contributed by atoms with Gasteiger partial charge in [0.2, 0.25) is 0 Å². The van der Waals surface area contributed by atoms with Crippen LogP contribution in [0, 0.1) is 0 Å². The number of hydrogen-bond acceptors (Lipinski definition) is 3. The van der Waals surface area contributed by atoms with Gasteiger partial charge in [0.25, 0.3) is 0 Å². The summed E-state index contributed by atoms with van der Waals surface area (Å²) in [5, 5.41) is 0. The zero-order chi connectivity index (χ0) is 10.5. The minimum atomic E-state index is 0.688. The van der Waals surface area contributed by atoms with Crippen molar-refractivity contribution in [3.8, 4) is 16.9 Å². The Balaban J connectivity index is 2.24. The molecule has 3 nitrogen and oxygen atoms in total. The van der Waals surface area contributed by atoms with Gasteiger partial charge in [0.15, 0.2) is 0 Å². The summed E-state index contributed by atoms with van der Waals surface area (Å²) >= 11 is 0. The fourth-order valence-corrected chi connectivity index (χ4v) is 1.36.